The molecule has 4 unspecified atom stereocenters. The lowest BCUT2D eigenvalue weighted by molar-refractivity contribution is -0.130. The van der Waals surface area contributed by atoms with E-state index in [4.69, 9.17) is 11.6 Å². The van der Waals surface area contributed by atoms with Crippen molar-refractivity contribution >= 4 is 33.3 Å². The number of aromatic nitrogens is 2. The minimum atomic E-state index is -3.45. The fourth-order valence-electron chi connectivity index (χ4n) is 5.96. The molecule has 2 saturated heterocycles. The van der Waals surface area contributed by atoms with E-state index in [1.807, 2.05) is 0 Å². The van der Waals surface area contributed by atoms with Crippen molar-refractivity contribution in [3.8, 4) is 0 Å². The van der Waals surface area contributed by atoms with Gasteiger partial charge in [-0.25, -0.2) is 17.7 Å². The molecule has 8 nitrogen and oxygen atoms in total. The molecule has 10 heteroatoms. The summed E-state index contributed by atoms with van der Waals surface area (Å²) in [5.74, 6) is 0.937. The van der Waals surface area contributed by atoms with Gasteiger partial charge in [-0.3, -0.25) is 14.7 Å². The molecule has 0 radical (unpaired) electrons. The van der Waals surface area contributed by atoms with E-state index in [-0.39, 0.29) is 17.7 Å². The number of unbranched alkanes of at least 4 members (excludes halogenated alkanes) is 1. The van der Waals surface area contributed by atoms with E-state index in [2.05, 4.69) is 19.8 Å². The van der Waals surface area contributed by atoms with Crippen molar-refractivity contribution in [2.45, 2.75) is 37.4 Å². The first-order valence-electron chi connectivity index (χ1n) is 11.0. The number of hydrogen-bond donors (Lipinski definition) is 0. The third-order valence-electron chi connectivity index (χ3n) is 7.40. The van der Waals surface area contributed by atoms with Crippen LogP contribution in [-0.4, -0.2) is 78.0 Å². The number of fused-ring (bicyclic) bond motifs is 5. The molecule has 1 aromatic rings. The van der Waals surface area contributed by atoms with Crippen LogP contribution < -0.4 is 4.90 Å². The Morgan fingerprint density at radius 3 is 2.50 bits per heavy atom. The maximum Gasteiger partial charge on any atom is 0.241 e. The molecule has 2 aliphatic carbocycles. The number of nitrogens with zero attached hydrogens (tertiary/aromatic N) is 5. The van der Waals surface area contributed by atoms with Crippen LogP contribution in [0.15, 0.2) is 12.4 Å². The Labute approximate surface area is 182 Å². The van der Waals surface area contributed by atoms with E-state index in [0.717, 1.165) is 70.6 Å². The second-order valence-corrected chi connectivity index (χ2v) is 11.4. The predicted octanol–water partition coefficient (Wildman–Crippen LogP) is 1.62. The standard InChI is InChI=1S/C20H28ClN5O3S/c21-16-12-22-13-17(23-16)25-9-7-24(8-10-25)5-1-2-6-26-20(27)18-14-3-4-15(11-14)19(18)30(26,28)29/h12-15,18-19H,1-11H2. The molecule has 30 heavy (non-hydrogen) atoms. The van der Waals surface area contributed by atoms with E-state index in [9.17, 15) is 13.2 Å². The van der Waals surface area contributed by atoms with Gasteiger partial charge < -0.3 is 4.90 Å². The van der Waals surface area contributed by atoms with Crippen molar-refractivity contribution < 1.29 is 13.2 Å². The summed E-state index contributed by atoms with van der Waals surface area (Å²) < 4.78 is 27.1. The summed E-state index contributed by atoms with van der Waals surface area (Å²) >= 11 is 5.93. The Bertz CT molecular complexity index is 921. The monoisotopic (exact) mass is 453 g/mol. The van der Waals surface area contributed by atoms with Crippen LogP contribution in [0.1, 0.15) is 32.1 Å². The second kappa shape index (κ2) is 7.91. The van der Waals surface area contributed by atoms with Gasteiger partial charge in [0.25, 0.3) is 0 Å². The van der Waals surface area contributed by atoms with Crippen LogP contribution in [0.4, 0.5) is 5.82 Å². The molecule has 0 aromatic carbocycles. The lowest BCUT2D eigenvalue weighted by atomic mass is 9.88. The van der Waals surface area contributed by atoms with Crippen LogP contribution in [-0.2, 0) is 14.8 Å². The summed E-state index contributed by atoms with van der Waals surface area (Å²) in [5.41, 5.74) is 0. The molecular formula is C20H28ClN5O3S. The summed E-state index contributed by atoms with van der Waals surface area (Å²) in [6.45, 7) is 4.81. The molecule has 2 bridgehead atoms. The second-order valence-electron chi connectivity index (χ2n) is 9.01. The predicted molar refractivity (Wildman–Crippen MR) is 114 cm³/mol. The maximum atomic E-state index is 12.9. The van der Waals surface area contributed by atoms with Gasteiger partial charge in [-0.1, -0.05) is 11.6 Å². The molecule has 1 aromatic heterocycles. The minimum absolute atomic E-state index is 0.122. The van der Waals surface area contributed by atoms with Crippen molar-refractivity contribution in [3.05, 3.63) is 17.5 Å². The summed E-state index contributed by atoms with van der Waals surface area (Å²) in [6.07, 6.45) is 7.80. The fraction of sp³-hybridized carbons (Fsp3) is 0.750. The highest BCUT2D eigenvalue weighted by Crippen LogP contribution is 2.55. The van der Waals surface area contributed by atoms with Gasteiger partial charge in [-0.05, 0) is 50.5 Å². The summed E-state index contributed by atoms with van der Waals surface area (Å²) in [7, 11) is -3.45. The highest BCUT2D eigenvalue weighted by atomic mass is 35.5. The first-order chi connectivity index (χ1) is 14.4. The molecule has 1 amide bonds. The highest BCUT2D eigenvalue weighted by Gasteiger charge is 2.63. The highest BCUT2D eigenvalue weighted by molar-refractivity contribution is 7.90. The first kappa shape index (κ1) is 20.5. The molecule has 164 valence electrons. The number of anilines is 1. The van der Waals surface area contributed by atoms with E-state index in [0.29, 0.717) is 17.6 Å². The molecule has 4 aliphatic rings. The molecule has 2 aliphatic heterocycles. The number of rotatable bonds is 6. The van der Waals surface area contributed by atoms with Gasteiger partial charge in [0.15, 0.2) is 0 Å². The van der Waals surface area contributed by atoms with Gasteiger partial charge in [-0.2, -0.15) is 0 Å². The van der Waals surface area contributed by atoms with E-state index in [1.165, 1.54) is 10.5 Å². The van der Waals surface area contributed by atoms with E-state index >= 15 is 0 Å². The molecule has 3 heterocycles. The molecule has 4 atom stereocenters. The number of carbonyl (C=O) groups excluding carboxylic acids is 1. The Morgan fingerprint density at radius 2 is 1.77 bits per heavy atom. The van der Waals surface area contributed by atoms with Crippen molar-refractivity contribution in [2.75, 3.05) is 44.2 Å². The van der Waals surface area contributed by atoms with Gasteiger partial charge in [0, 0.05) is 32.7 Å². The Balaban J connectivity index is 1.08. The van der Waals surface area contributed by atoms with Gasteiger partial charge in [0.05, 0.1) is 23.6 Å². The van der Waals surface area contributed by atoms with E-state index < -0.39 is 15.3 Å². The van der Waals surface area contributed by atoms with Crippen molar-refractivity contribution in [1.82, 2.24) is 19.2 Å². The smallest absolute Gasteiger partial charge is 0.241 e. The molecular weight excluding hydrogens is 426 g/mol. The normalized spacial score (nSPS) is 32.8. The van der Waals surface area contributed by atoms with E-state index in [1.54, 1.807) is 6.20 Å². The van der Waals surface area contributed by atoms with Crippen molar-refractivity contribution in [1.29, 1.82) is 0 Å². The average Bonchev–Trinajstić information content (AvgIpc) is 3.40. The fourth-order valence-corrected chi connectivity index (χ4v) is 8.60. The zero-order valence-electron chi connectivity index (χ0n) is 17.0. The molecule has 0 N–H and O–H groups in total. The van der Waals surface area contributed by atoms with Crippen molar-refractivity contribution in [2.24, 2.45) is 17.8 Å². The van der Waals surface area contributed by atoms with Gasteiger partial charge >= 0.3 is 0 Å². The Hall–Kier alpha value is -1.45. The topological polar surface area (TPSA) is 86.7 Å². The minimum Gasteiger partial charge on any atom is -0.353 e. The number of halogens is 1. The zero-order chi connectivity index (χ0) is 20.9. The third kappa shape index (κ3) is 3.48. The SMILES string of the molecule is O=C1C2C3CCC(C3)C2S(=O)(=O)N1CCCCN1CCN(c2cncc(Cl)n2)CC1. The van der Waals surface area contributed by atoms with Crippen LogP contribution in [0.3, 0.4) is 0 Å². The average molecular weight is 454 g/mol. The maximum absolute atomic E-state index is 12.9. The Kier molecular flexibility index (Phi) is 5.39. The molecule has 5 rings (SSSR count). The molecule has 4 fully saturated rings. The molecule has 2 saturated carbocycles. The van der Waals surface area contributed by atoms with Crippen LogP contribution in [0.2, 0.25) is 5.15 Å². The number of piperazine rings is 1. The van der Waals surface area contributed by atoms with Gasteiger partial charge in [0.2, 0.25) is 15.9 Å². The van der Waals surface area contributed by atoms with Gasteiger partial charge in [-0.15, -0.1) is 0 Å². The largest absolute Gasteiger partial charge is 0.353 e. The van der Waals surface area contributed by atoms with Crippen LogP contribution in [0, 0.1) is 17.8 Å². The van der Waals surface area contributed by atoms with Crippen molar-refractivity contribution in [3.63, 3.8) is 0 Å². The number of carbonyl (C=O) groups is 1. The summed E-state index contributed by atoms with van der Waals surface area (Å²) in [4.78, 5) is 25.8. The number of hydrogen-bond acceptors (Lipinski definition) is 7. The lowest BCUT2D eigenvalue weighted by Gasteiger charge is -2.35. The summed E-state index contributed by atoms with van der Waals surface area (Å²) in [6, 6.07) is 0. The lowest BCUT2D eigenvalue weighted by Crippen LogP contribution is -2.47. The number of amides is 1. The summed E-state index contributed by atoms with van der Waals surface area (Å²) in [5, 5.41) is -0.0232. The first-order valence-corrected chi connectivity index (χ1v) is 12.8. The quantitative estimate of drug-likeness (QED) is 0.605. The van der Waals surface area contributed by atoms with Crippen LogP contribution in [0.5, 0.6) is 0 Å². The zero-order valence-corrected chi connectivity index (χ0v) is 18.6. The molecule has 0 spiro atoms. The van der Waals surface area contributed by atoms with Crippen LogP contribution >= 0.6 is 11.6 Å². The number of sulfonamides is 1. The third-order valence-corrected chi connectivity index (χ3v) is 9.92. The van der Waals surface area contributed by atoms with Gasteiger partial charge in [0.1, 0.15) is 11.0 Å². The van der Waals surface area contributed by atoms with Crippen LogP contribution in [0.25, 0.3) is 0 Å². The Morgan fingerprint density at radius 1 is 1.03 bits per heavy atom.